The molecule has 0 saturated carbocycles. The van der Waals surface area contributed by atoms with Gasteiger partial charge in [-0.1, -0.05) is 18.2 Å². The van der Waals surface area contributed by atoms with Crippen molar-refractivity contribution >= 4 is 17.9 Å². The lowest BCUT2D eigenvalue weighted by atomic mass is 10.1. The highest BCUT2D eigenvalue weighted by atomic mass is 16.5. The van der Waals surface area contributed by atoms with Crippen LogP contribution in [0.15, 0.2) is 48.5 Å². The molecular weight excluding hydrogens is 276 g/mol. The Morgan fingerprint density at radius 3 is 2.05 bits per heavy atom. The number of benzene rings is 2. The van der Waals surface area contributed by atoms with Crippen molar-refractivity contribution in [1.82, 2.24) is 0 Å². The number of esters is 1. The lowest BCUT2D eigenvalue weighted by molar-refractivity contribution is 0.0663. The molecule has 0 fully saturated rings. The number of hydrogen-bond acceptors (Lipinski definition) is 4. The van der Waals surface area contributed by atoms with Gasteiger partial charge in [0.1, 0.15) is 11.3 Å². The molecule has 21 heavy (non-hydrogen) atoms. The summed E-state index contributed by atoms with van der Waals surface area (Å²) >= 11 is 0. The summed E-state index contributed by atoms with van der Waals surface area (Å²) in [5, 5.41) is 17.9. The number of hydrogen-bond donors (Lipinski definition) is 2. The summed E-state index contributed by atoms with van der Waals surface area (Å²) in [6, 6.07) is 11.2. The topological polar surface area (TPSA) is 101 Å². The first kappa shape index (κ1) is 14.3. The SMILES string of the molecule is O=C(O)c1ccc(C(=O)O)c(OC(=O)c2ccccc2)c1. The maximum absolute atomic E-state index is 11.9. The lowest BCUT2D eigenvalue weighted by Crippen LogP contribution is -2.12. The van der Waals surface area contributed by atoms with Gasteiger partial charge in [-0.2, -0.15) is 0 Å². The minimum absolute atomic E-state index is 0.170. The average molecular weight is 286 g/mol. The van der Waals surface area contributed by atoms with Gasteiger partial charge in [-0.05, 0) is 30.3 Å². The molecule has 0 bridgehead atoms. The molecule has 0 unspecified atom stereocenters. The molecule has 0 aromatic heterocycles. The van der Waals surface area contributed by atoms with E-state index < -0.39 is 17.9 Å². The second-order valence-electron chi connectivity index (χ2n) is 4.08. The van der Waals surface area contributed by atoms with Gasteiger partial charge in [-0.3, -0.25) is 0 Å². The largest absolute Gasteiger partial charge is 0.478 e. The zero-order chi connectivity index (χ0) is 15.4. The van der Waals surface area contributed by atoms with Crippen LogP contribution >= 0.6 is 0 Å². The molecule has 0 atom stereocenters. The summed E-state index contributed by atoms with van der Waals surface area (Å²) in [5.41, 5.74) is -0.227. The maximum atomic E-state index is 11.9. The zero-order valence-electron chi connectivity index (χ0n) is 10.6. The highest BCUT2D eigenvalue weighted by Gasteiger charge is 2.18. The third-order valence-electron chi connectivity index (χ3n) is 2.67. The first-order chi connectivity index (χ1) is 9.99. The third kappa shape index (κ3) is 3.24. The van der Waals surface area contributed by atoms with E-state index in [0.29, 0.717) is 0 Å². The Kier molecular flexibility index (Phi) is 3.99. The van der Waals surface area contributed by atoms with Crippen molar-refractivity contribution in [2.45, 2.75) is 0 Å². The molecule has 0 aliphatic rings. The minimum Gasteiger partial charge on any atom is -0.478 e. The van der Waals surface area contributed by atoms with Crippen LogP contribution in [0.2, 0.25) is 0 Å². The van der Waals surface area contributed by atoms with Gasteiger partial charge in [0.2, 0.25) is 0 Å². The second kappa shape index (κ2) is 5.87. The average Bonchev–Trinajstić information content (AvgIpc) is 2.47. The predicted molar refractivity (Wildman–Crippen MR) is 71.8 cm³/mol. The van der Waals surface area contributed by atoms with E-state index in [0.717, 1.165) is 18.2 Å². The molecule has 0 heterocycles. The number of carboxylic acid groups (broad SMARTS) is 2. The van der Waals surface area contributed by atoms with Gasteiger partial charge in [-0.25, -0.2) is 14.4 Å². The van der Waals surface area contributed by atoms with E-state index >= 15 is 0 Å². The van der Waals surface area contributed by atoms with Crippen LogP contribution < -0.4 is 4.74 Å². The Balaban J connectivity index is 2.37. The Labute approximate surface area is 119 Å². The molecule has 2 aromatic rings. The Bertz CT molecular complexity index is 705. The fourth-order valence-corrected chi connectivity index (χ4v) is 1.65. The van der Waals surface area contributed by atoms with E-state index in [1.807, 2.05) is 0 Å². The van der Waals surface area contributed by atoms with Crippen molar-refractivity contribution in [3.05, 3.63) is 65.2 Å². The van der Waals surface area contributed by atoms with Gasteiger partial charge in [-0.15, -0.1) is 0 Å². The Morgan fingerprint density at radius 2 is 1.48 bits per heavy atom. The molecule has 2 rings (SSSR count). The summed E-state index contributed by atoms with van der Waals surface area (Å²) in [6.45, 7) is 0. The number of carboxylic acids is 2. The van der Waals surface area contributed by atoms with Crippen molar-refractivity contribution in [3.8, 4) is 5.75 Å². The first-order valence-electron chi connectivity index (χ1n) is 5.87. The molecule has 6 nitrogen and oxygen atoms in total. The fourth-order valence-electron chi connectivity index (χ4n) is 1.65. The van der Waals surface area contributed by atoms with E-state index in [9.17, 15) is 14.4 Å². The first-order valence-corrected chi connectivity index (χ1v) is 5.87. The van der Waals surface area contributed by atoms with Crippen LogP contribution in [0.25, 0.3) is 0 Å². The maximum Gasteiger partial charge on any atom is 0.343 e. The molecule has 0 amide bonds. The van der Waals surface area contributed by atoms with Crippen molar-refractivity contribution in [1.29, 1.82) is 0 Å². The van der Waals surface area contributed by atoms with Crippen LogP contribution in [-0.4, -0.2) is 28.1 Å². The molecule has 6 heteroatoms. The van der Waals surface area contributed by atoms with Crippen LogP contribution in [-0.2, 0) is 0 Å². The van der Waals surface area contributed by atoms with Crippen molar-refractivity contribution in [2.24, 2.45) is 0 Å². The summed E-state index contributed by atoms with van der Waals surface area (Å²) in [6.07, 6.45) is 0. The molecular formula is C15H10O6. The number of carbonyl (C=O) groups is 3. The zero-order valence-corrected chi connectivity index (χ0v) is 10.6. The van der Waals surface area contributed by atoms with Crippen molar-refractivity contribution in [2.75, 3.05) is 0 Å². The van der Waals surface area contributed by atoms with E-state index in [1.165, 1.54) is 12.1 Å². The third-order valence-corrected chi connectivity index (χ3v) is 2.67. The van der Waals surface area contributed by atoms with Crippen LogP contribution in [0.4, 0.5) is 0 Å². The quantitative estimate of drug-likeness (QED) is 0.660. The van der Waals surface area contributed by atoms with Crippen LogP contribution in [0, 0.1) is 0 Å². The van der Waals surface area contributed by atoms with Gasteiger partial charge >= 0.3 is 17.9 Å². The molecule has 0 saturated heterocycles. The summed E-state index contributed by atoms with van der Waals surface area (Å²) < 4.78 is 5.00. The molecule has 2 aromatic carbocycles. The van der Waals surface area contributed by atoms with Gasteiger partial charge < -0.3 is 14.9 Å². The number of ether oxygens (including phenoxy) is 1. The highest BCUT2D eigenvalue weighted by molar-refractivity contribution is 5.97. The van der Waals surface area contributed by atoms with Crippen LogP contribution in [0.5, 0.6) is 5.75 Å². The van der Waals surface area contributed by atoms with Gasteiger partial charge in [0.25, 0.3) is 0 Å². The summed E-state index contributed by atoms with van der Waals surface area (Å²) in [7, 11) is 0. The van der Waals surface area contributed by atoms with E-state index in [2.05, 4.69) is 0 Å². The van der Waals surface area contributed by atoms with Gasteiger partial charge in [0.15, 0.2) is 0 Å². The van der Waals surface area contributed by atoms with Crippen molar-refractivity contribution in [3.63, 3.8) is 0 Å². The number of carbonyl (C=O) groups excluding carboxylic acids is 1. The number of aromatic carboxylic acids is 2. The molecule has 0 spiro atoms. The van der Waals surface area contributed by atoms with Crippen molar-refractivity contribution < 1.29 is 29.3 Å². The standard InChI is InChI=1S/C15H10O6/c16-13(17)10-6-7-11(14(18)19)12(8-10)21-15(20)9-4-2-1-3-5-9/h1-8H,(H,16,17)(H,18,19). The summed E-state index contributed by atoms with van der Waals surface area (Å²) in [5.74, 6) is -3.64. The monoisotopic (exact) mass is 286 g/mol. The minimum atomic E-state index is -1.32. The lowest BCUT2D eigenvalue weighted by Gasteiger charge is -2.08. The Morgan fingerprint density at radius 1 is 0.810 bits per heavy atom. The Hall–Kier alpha value is -3.15. The normalized spacial score (nSPS) is 9.90. The van der Waals surface area contributed by atoms with E-state index in [1.54, 1.807) is 18.2 Å². The smallest absolute Gasteiger partial charge is 0.343 e. The summed E-state index contributed by atoms with van der Waals surface area (Å²) in [4.78, 5) is 33.9. The second-order valence-corrected chi connectivity index (χ2v) is 4.08. The molecule has 0 aliphatic heterocycles. The van der Waals surface area contributed by atoms with E-state index in [4.69, 9.17) is 14.9 Å². The van der Waals surface area contributed by atoms with Crippen LogP contribution in [0.1, 0.15) is 31.1 Å². The highest BCUT2D eigenvalue weighted by Crippen LogP contribution is 2.22. The predicted octanol–water partition coefficient (Wildman–Crippen LogP) is 2.30. The van der Waals surface area contributed by atoms with Gasteiger partial charge in [0.05, 0.1) is 11.1 Å². The van der Waals surface area contributed by atoms with E-state index in [-0.39, 0.29) is 22.4 Å². The fraction of sp³-hybridized carbons (Fsp3) is 0. The molecule has 0 radical (unpaired) electrons. The molecule has 2 N–H and O–H groups in total. The molecule has 0 aliphatic carbocycles. The van der Waals surface area contributed by atoms with Crippen LogP contribution in [0.3, 0.4) is 0 Å². The van der Waals surface area contributed by atoms with Gasteiger partial charge in [0, 0.05) is 0 Å². The number of rotatable bonds is 4. The molecule has 106 valence electrons.